The topological polar surface area (TPSA) is 38.5 Å². The van der Waals surface area contributed by atoms with Crippen molar-refractivity contribution in [2.75, 3.05) is 9.62 Å². The molecule has 0 amide bonds. The van der Waals surface area contributed by atoms with Crippen LogP contribution in [-0.2, 0) is 30.2 Å². The number of rotatable bonds is 11. The summed E-state index contributed by atoms with van der Waals surface area (Å²) in [6.07, 6.45) is 0. The molecule has 12 aromatic rings. The Morgan fingerprint density at radius 1 is 0.554 bits per heavy atom. The Hall–Kier alpha value is -9.03. The number of nitrogens with zero attached hydrogens (tertiary/aromatic N) is 5. The quantitative estimate of drug-likeness (QED) is 0.0956. The van der Waals surface area contributed by atoms with Gasteiger partial charge in [-0.2, -0.15) is 12.1 Å². The van der Waals surface area contributed by atoms with Crippen LogP contribution in [0.1, 0.15) is 67.8 Å². The first kappa shape index (κ1) is 45.6. The van der Waals surface area contributed by atoms with Gasteiger partial charge in [-0.25, -0.2) is 0 Å². The molecule has 0 radical (unpaired) electrons. The van der Waals surface area contributed by atoms with Crippen LogP contribution in [0.15, 0.2) is 249 Å². The molecule has 0 fully saturated rings. The second-order valence-corrected chi connectivity index (χ2v) is 23.9. The summed E-state index contributed by atoms with van der Waals surface area (Å²) in [6, 6.07) is 79.6. The van der Waals surface area contributed by atoms with Gasteiger partial charge in [-0.05, 0) is 12.1 Å². The van der Waals surface area contributed by atoms with E-state index < -0.39 is 19.9 Å². The van der Waals surface area contributed by atoms with Crippen LogP contribution < -0.4 is 19.8 Å². The molecule has 8 heteroatoms. The molecule has 408 valence electrons. The van der Waals surface area contributed by atoms with Gasteiger partial charge in [-0.3, -0.25) is 0 Å². The molecular formula is C75H62BN5OPt-2. The Kier molecular flexibility index (Phi) is 11.9. The number of ether oxygens (including phenoxy) is 1. The Balaban J connectivity index is 1.04. The van der Waals surface area contributed by atoms with Crippen molar-refractivity contribution in [2.45, 2.75) is 59.2 Å². The number of benzene rings is 10. The van der Waals surface area contributed by atoms with E-state index >= 15 is 0 Å². The van der Waals surface area contributed by atoms with E-state index in [1.54, 1.807) is 18.2 Å². The van der Waals surface area contributed by atoms with E-state index in [2.05, 4.69) is 151 Å². The zero-order chi connectivity index (χ0) is 63.0. The Morgan fingerprint density at radius 3 is 1.78 bits per heavy atom. The van der Waals surface area contributed by atoms with Gasteiger partial charge in [-0.1, -0.05) is 48.5 Å². The molecule has 0 bridgehead atoms. The number of fused-ring (bicyclic) bond motifs is 2. The van der Waals surface area contributed by atoms with Crippen molar-refractivity contribution in [3.8, 4) is 67.5 Å². The molecule has 3 heterocycles. The molecule has 13 rings (SSSR count). The van der Waals surface area contributed by atoms with Crippen LogP contribution in [0.4, 0.5) is 22.9 Å². The molecule has 0 spiro atoms. The van der Waals surface area contributed by atoms with E-state index in [9.17, 15) is 9.60 Å². The first-order chi connectivity index (χ1) is 43.2. The van der Waals surface area contributed by atoms with Gasteiger partial charge in [0.1, 0.15) is 0 Å². The first-order valence-corrected chi connectivity index (χ1v) is 28.9. The average molecular weight is 1260 g/mol. The molecule has 10 aromatic carbocycles. The number of pyridine rings is 1. The van der Waals surface area contributed by atoms with Gasteiger partial charge in [0.2, 0.25) is 0 Å². The third kappa shape index (κ3) is 10.1. The van der Waals surface area contributed by atoms with Crippen molar-refractivity contribution in [2.24, 2.45) is 0 Å². The number of aromatic nitrogens is 3. The van der Waals surface area contributed by atoms with Crippen LogP contribution in [0.5, 0.6) is 11.6 Å². The molecule has 0 saturated carbocycles. The van der Waals surface area contributed by atoms with Crippen LogP contribution in [0.3, 0.4) is 0 Å². The minimum absolute atomic E-state index is 0.00818. The third-order valence-electron chi connectivity index (χ3n) is 15.4. The summed E-state index contributed by atoms with van der Waals surface area (Å²) < 4.78 is 77.3. The van der Waals surface area contributed by atoms with Crippen LogP contribution in [0, 0.1) is 22.8 Å². The van der Waals surface area contributed by atoms with Crippen LogP contribution >= 0.6 is 0 Å². The van der Waals surface area contributed by atoms with Crippen LogP contribution in [0.25, 0.3) is 66.9 Å². The number of para-hydroxylation sites is 5. The number of imidazole rings is 1. The van der Waals surface area contributed by atoms with Crippen molar-refractivity contribution in [3.63, 3.8) is 0 Å². The summed E-state index contributed by atoms with van der Waals surface area (Å²) in [6.45, 7) is 10.1. The van der Waals surface area contributed by atoms with Gasteiger partial charge < -0.3 is 0 Å². The average Bonchev–Trinajstić information content (AvgIpc) is 1.55. The SMILES string of the molecule is [2H]c1c([2H])c([2H])c2c(c1[2H])n(-c1[c-]c(Oc3nc(N4B(c5ccccc5)N(c5ccccc5)c5ccc[c-]c54)cc(C([2H])([2H])[2H])c3-c3ccccc3)ccc1)[c](=[Pt])n2-c1c(-c2ccc(-c3ccccc3)cc2)cccc1-c1cc(C(C)(C)C)cc(C(C)(C)C)c1. The molecule has 6 nitrogen and oxygen atoms in total. The van der Waals surface area contributed by atoms with Gasteiger partial charge in [0.25, 0.3) is 0 Å². The molecule has 1 aliphatic heterocycles. The summed E-state index contributed by atoms with van der Waals surface area (Å²) in [5, 5.41) is 0. The van der Waals surface area contributed by atoms with Crippen molar-refractivity contribution >= 4 is 46.4 Å². The maximum absolute atomic E-state index is 9.90. The fourth-order valence-corrected chi connectivity index (χ4v) is 12.2. The molecule has 0 unspecified atom stereocenters. The predicted molar refractivity (Wildman–Crippen MR) is 341 cm³/mol. The molecule has 0 saturated heterocycles. The van der Waals surface area contributed by atoms with Crippen molar-refractivity contribution in [1.29, 1.82) is 0 Å². The maximum atomic E-state index is 9.90. The molecular weight excluding hydrogens is 1190 g/mol. The van der Waals surface area contributed by atoms with E-state index in [-0.39, 0.29) is 62.7 Å². The summed E-state index contributed by atoms with van der Waals surface area (Å²) in [5.41, 5.74) is 13.3. The molecule has 0 N–H and O–H groups in total. The van der Waals surface area contributed by atoms with E-state index in [0.717, 1.165) is 61.3 Å². The van der Waals surface area contributed by atoms with E-state index in [1.165, 1.54) is 0 Å². The van der Waals surface area contributed by atoms with Crippen molar-refractivity contribution in [3.05, 3.63) is 281 Å². The second kappa shape index (κ2) is 21.7. The Bertz CT molecular complexity index is 4750. The van der Waals surface area contributed by atoms with Gasteiger partial charge >= 0.3 is 427 Å². The van der Waals surface area contributed by atoms with Gasteiger partial charge in [0, 0.05) is 5.69 Å². The third-order valence-corrected chi connectivity index (χ3v) is 16.4. The zero-order valence-electron chi connectivity index (χ0n) is 53.9. The first-order valence-electron chi connectivity index (χ1n) is 31.3. The number of hydrogen-bond acceptors (Lipinski definition) is 4. The van der Waals surface area contributed by atoms with Crippen LogP contribution in [0.2, 0.25) is 0 Å². The fraction of sp³-hybridized carbons (Fsp3) is 0.120. The van der Waals surface area contributed by atoms with Crippen molar-refractivity contribution < 1.29 is 33.7 Å². The standard InChI is InChI=1S/C75H62BN5O.Pt/c1-52-46-70(81-69-41-23-22-40-68(69)80(61-32-18-11-19-33-61)76(81)60-30-16-10-17-31-60)77-73(71(52)56-28-14-9-15-29-56)82-63-35-24-34-62(50-63)78-51-79(67-39-21-20-38-66(67)78)72-64(55-44-42-54(43-45-55)53-26-12-8-13-27-53)36-25-37-65(72)57-47-58(74(2,3)4)49-59(48-57)75(5,6)7;/h8-40,42-49H,1-7H3;/q-2;/i1D3,20D,21D,38D,39D;. The number of hydrogen-bond donors (Lipinski definition) is 0. The van der Waals surface area contributed by atoms with Gasteiger partial charge in [-0.15, -0.1) is 6.07 Å². The van der Waals surface area contributed by atoms with E-state index in [0.29, 0.717) is 32.2 Å². The molecule has 1 aliphatic rings. The zero-order valence-corrected chi connectivity index (χ0v) is 49.2. The molecule has 0 aliphatic carbocycles. The summed E-state index contributed by atoms with van der Waals surface area (Å²) in [7, 11) is 0. The predicted octanol–water partition coefficient (Wildman–Crippen LogP) is 18.5. The second-order valence-electron chi connectivity index (χ2n) is 22.9. The fourth-order valence-electron chi connectivity index (χ4n) is 11.2. The molecule has 0 atom stereocenters. The van der Waals surface area contributed by atoms with Crippen LogP contribution in [-0.4, -0.2) is 21.1 Å². The Labute approximate surface area is 509 Å². The molecule has 83 heavy (non-hydrogen) atoms. The normalized spacial score (nSPS) is 13.9. The summed E-state index contributed by atoms with van der Waals surface area (Å²) in [5.74, 6) is 0.482. The number of aryl methyl sites for hydroxylation is 1. The molecule has 2 aromatic heterocycles. The number of anilines is 4. The van der Waals surface area contributed by atoms with E-state index in [1.807, 2.05) is 147 Å². The Morgan fingerprint density at radius 2 is 1.13 bits per heavy atom. The summed E-state index contributed by atoms with van der Waals surface area (Å²) >= 11 is 2.24. The van der Waals surface area contributed by atoms with Crippen molar-refractivity contribution in [1.82, 2.24) is 14.1 Å². The monoisotopic (exact) mass is 1260 g/mol. The minimum atomic E-state index is -2.67. The van der Waals surface area contributed by atoms with Gasteiger partial charge in [0.05, 0.1) is 0 Å². The summed E-state index contributed by atoms with van der Waals surface area (Å²) in [4.78, 5) is 9.60. The van der Waals surface area contributed by atoms with Gasteiger partial charge in [0.15, 0.2) is 0 Å². The van der Waals surface area contributed by atoms with E-state index in [4.69, 9.17) is 9.72 Å².